The summed E-state index contributed by atoms with van der Waals surface area (Å²) in [4.78, 5) is 42.1. The highest BCUT2D eigenvalue weighted by atomic mass is 32.3. The normalized spacial score (nSPS) is 18.5. The van der Waals surface area contributed by atoms with Gasteiger partial charge < -0.3 is 15.0 Å². The number of nitriles is 1. The molecular weight excluding hydrogens is 519 g/mol. The maximum atomic E-state index is 12.5. The zero-order chi connectivity index (χ0) is 27.0. The molecule has 0 spiro atoms. The van der Waals surface area contributed by atoms with E-state index < -0.39 is 46.2 Å². The second-order valence-electron chi connectivity index (χ2n) is 8.06. The average molecular weight is 537 g/mol. The Balaban J connectivity index is 1.64. The van der Waals surface area contributed by atoms with E-state index in [1.54, 1.807) is 24.3 Å². The van der Waals surface area contributed by atoms with Gasteiger partial charge in [0.2, 0.25) is 5.91 Å². The number of benzene rings is 2. The lowest BCUT2D eigenvalue weighted by atomic mass is 9.97. The summed E-state index contributed by atoms with van der Waals surface area (Å²) in [6.07, 6.45) is -7.38. The van der Waals surface area contributed by atoms with E-state index in [4.69, 9.17) is 0 Å². The van der Waals surface area contributed by atoms with Gasteiger partial charge in [-0.05, 0) is 29.3 Å². The quantitative estimate of drug-likeness (QED) is 0.241. The predicted octanol–water partition coefficient (Wildman–Crippen LogP) is 3.76. The molecular formula is C22H18F3N5O6S. The molecule has 2 amide bonds. The Labute approximate surface area is 208 Å². The molecule has 15 heteroatoms. The Kier molecular flexibility index (Phi) is 6.82. The molecule has 4 rings (SSSR count). The SMILES string of the molecule is N#Cc1cc(C[C@H](NC(=O)OC(=O)C(F)(F)F)c2nc3ccccc3[nH]2)ccc1C1CC(=O)NS1(O)O. The summed E-state index contributed by atoms with van der Waals surface area (Å²) in [6, 6.07) is 11.9. The van der Waals surface area contributed by atoms with Crippen LogP contribution in [-0.4, -0.2) is 43.2 Å². The molecule has 1 saturated heterocycles. The Morgan fingerprint density at radius 2 is 2.00 bits per heavy atom. The number of fused-ring (bicyclic) bond motifs is 1. The molecule has 1 fully saturated rings. The van der Waals surface area contributed by atoms with Crippen LogP contribution in [0, 0.1) is 11.3 Å². The number of alkyl halides is 3. The number of amides is 2. The number of nitrogens with zero attached hydrogens (tertiary/aromatic N) is 2. The number of hydrogen-bond donors (Lipinski definition) is 5. The Hall–Kier alpha value is -4.13. The summed E-state index contributed by atoms with van der Waals surface area (Å²) in [5, 5.41) is 10.8. The van der Waals surface area contributed by atoms with Crippen LogP contribution >= 0.6 is 10.8 Å². The number of aromatic amines is 1. The van der Waals surface area contributed by atoms with Gasteiger partial charge in [0.15, 0.2) is 0 Å². The number of nitrogens with one attached hydrogen (secondary N) is 3. The van der Waals surface area contributed by atoms with Gasteiger partial charge in [0.05, 0.1) is 35.1 Å². The van der Waals surface area contributed by atoms with E-state index in [1.807, 2.05) is 6.07 Å². The molecule has 0 saturated carbocycles. The van der Waals surface area contributed by atoms with Gasteiger partial charge in [-0.3, -0.25) is 18.6 Å². The molecule has 2 aromatic carbocycles. The van der Waals surface area contributed by atoms with Crippen LogP contribution in [0.1, 0.15) is 40.2 Å². The molecule has 3 aromatic rings. The molecule has 5 N–H and O–H groups in total. The number of carbonyl (C=O) groups excluding carboxylic acids is 3. The van der Waals surface area contributed by atoms with Crippen molar-refractivity contribution in [1.29, 1.82) is 5.26 Å². The van der Waals surface area contributed by atoms with Gasteiger partial charge in [-0.15, -0.1) is 10.8 Å². The fourth-order valence-corrected chi connectivity index (χ4v) is 5.37. The van der Waals surface area contributed by atoms with Gasteiger partial charge in [0.1, 0.15) is 11.1 Å². The van der Waals surface area contributed by atoms with E-state index in [-0.39, 0.29) is 29.8 Å². The van der Waals surface area contributed by atoms with E-state index in [2.05, 4.69) is 24.7 Å². The first-order valence-corrected chi connectivity index (χ1v) is 12.1. The third-order valence-corrected chi connectivity index (χ3v) is 7.25. The summed E-state index contributed by atoms with van der Waals surface area (Å²) in [6.45, 7) is 0. The minimum atomic E-state index is -5.38. The van der Waals surface area contributed by atoms with Crippen LogP contribution in [0.3, 0.4) is 0 Å². The Morgan fingerprint density at radius 1 is 1.27 bits per heavy atom. The molecule has 1 aliphatic rings. The largest absolute Gasteiger partial charge is 0.491 e. The smallest absolute Gasteiger partial charge is 0.369 e. The highest BCUT2D eigenvalue weighted by molar-refractivity contribution is 8.23. The van der Waals surface area contributed by atoms with Crippen molar-refractivity contribution in [2.45, 2.75) is 30.3 Å². The minimum Gasteiger partial charge on any atom is -0.369 e. The number of alkyl carbamates (subject to hydrolysis) is 1. The van der Waals surface area contributed by atoms with Crippen LogP contribution < -0.4 is 10.0 Å². The number of rotatable bonds is 5. The molecule has 2 heterocycles. The van der Waals surface area contributed by atoms with Crippen molar-refractivity contribution in [3.05, 3.63) is 65.0 Å². The maximum absolute atomic E-state index is 12.5. The monoisotopic (exact) mass is 537 g/mol. The second-order valence-corrected chi connectivity index (χ2v) is 10.0. The van der Waals surface area contributed by atoms with Crippen LogP contribution in [0.25, 0.3) is 11.0 Å². The highest BCUT2D eigenvalue weighted by Gasteiger charge is 2.43. The predicted molar refractivity (Wildman–Crippen MR) is 123 cm³/mol. The molecule has 1 aromatic heterocycles. The van der Waals surface area contributed by atoms with E-state index in [1.165, 1.54) is 18.2 Å². The van der Waals surface area contributed by atoms with Crippen LogP contribution in [0.4, 0.5) is 18.0 Å². The van der Waals surface area contributed by atoms with E-state index in [9.17, 15) is 41.9 Å². The zero-order valence-corrected chi connectivity index (χ0v) is 19.4. The molecule has 0 bridgehead atoms. The molecule has 11 nitrogen and oxygen atoms in total. The molecule has 37 heavy (non-hydrogen) atoms. The first-order chi connectivity index (χ1) is 17.4. The van der Waals surface area contributed by atoms with Crippen molar-refractivity contribution in [1.82, 2.24) is 20.0 Å². The van der Waals surface area contributed by atoms with Crippen LogP contribution in [-0.2, 0) is 20.7 Å². The number of aromatic nitrogens is 2. The lowest BCUT2D eigenvalue weighted by Crippen LogP contribution is -2.36. The number of carbonyl (C=O) groups is 3. The molecule has 0 radical (unpaired) electrons. The fraction of sp³-hybridized carbons (Fsp3) is 0.227. The number of hydrogen-bond acceptors (Lipinski definition) is 8. The van der Waals surface area contributed by atoms with Gasteiger partial charge in [0, 0.05) is 6.42 Å². The Bertz CT molecular complexity index is 1400. The van der Waals surface area contributed by atoms with Crippen molar-refractivity contribution in [3.63, 3.8) is 0 Å². The topological polar surface area (TPSA) is 177 Å². The summed E-state index contributed by atoms with van der Waals surface area (Å²) < 4.78 is 63.8. The number of imidazole rings is 1. The first kappa shape index (κ1) is 25.9. The molecule has 2 atom stereocenters. The third-order valence-electron chi connectivity index (χ3n) is 5.50. The number of H-pyrrole nitrogens is 1. The molecule has 0 aliphatic carbocycles. The van der Waals surface area contributed by atoms with Crippen LogP contribution in [0.15, 0.2) is 42.5 Å². The van der Waals surface area contributed by atoms with E-state index >= 15 is 0 Å². The maximum Gasteiger partial charge on any atom is 0.491 e. The number of halogens is 3. The Morgan fingerprint density at radius 3 is 2.62 bits per heavy atom. The van der Waals surface area contributed by atoms with Crippen molar-refractivity contribution < 1.29 is 41.4 Å². The summed E-state index contributed by atoms with van der Waals surface area (Å²) >= 11 is 0. The fourth-order valence-electron chi connectivity index (χ4n) is 3.86. The van der Waals surface area contributed by atoms with Gasteiger partial charge in [-0.1, -0.05) is 24.3 Å². The lowest BCUT2D eigenvalue weighted by Gasteiger charge is -2.33. The summed E-state index contributed by atoms with van der Waals surface area (Å²) in [5.74, 6) is -3.14. The van der Waals surface area contributed by atoms with E-state index in [0.29, 0.717) is 16.6 Å². The molecule has 1 unspecified atom stereocenters. The number of para-hydroxylation sites is 2. The number of ether oxygens (including phenoxy) is 1. The van der Waals surface area contributed by atoms with Crippen LogP contribution in [0.2, 0.25) is 0 Å². The molecule has 1 aliphatic heterocycles. The van der Waals surface area contributed by atoms with Gasteiger partial charge in [-0.2, -0.15) is 18.4 Å². The lowest BCUT2D eigenvalue weighted by molar-refractivity contribution is -0.192. The van der Waals surface area contributed by atoms with Crippen molar-refractivity contribution >= 4 is 39.8 Å². The third kappa shape index (κ3) is 5.66. The average Bonchev–Trinajstić information content (AvgIpc) is 3.37. The second kappa shape index (κ2) is 9.73. The van der Waals surface area contributed by atoms with Crippen LogP contribution in [0.5, 0.6) is 0 Å². The zero-order valence-electron chi connectivity index (χ0n) is 18.6. The van der Waals surface area contributed by atoms with Crippen molar-refractivity contribution in [2.24, 2.45) is 0 Å². The first-order valence-electron chi connectivity index (χ1n) is 10.5. The summed E-state index contributed by atoms with van der Waals surface area (Å²) in [5.41, 5.74) is 1.72. The molecule has 194 valence electrons. The minimum absolute atomic E-state index is 0.0251. The van der Waals surface area contributed by atoms with E-state index in [0.717, 1.165) is 0 Å². The highest BCUT2D eigenvalue weighted by Crippen LogP contribution is 2.56. The van der Waals surface area contributed by atoms with Gasteiger partial charge in [0.25, 0.3) is 0 Å². The number of esters is 1. The summed E-state index contributed by atoms with van der Waals surface area (Å²) in [7, 11) is -3.52. The van der Waals surface area contributed by atoms with Gasteiger partial charge >= 0.3 is 18.2 Å². The van der Waals surface area contributed by atoms with Gasteiger partial charge in [-0.25, -0.2) is 14.6 Å². The standard InChI is InChI=1S/C22H18F3N5O6S/c23-22(24,25)20(32)36-21(33)29-16(19-27-14-3-1-2-4-15(14)28-19)8-11-5-6-13(12(7-11)10-26)17-9-18(31)30-37(17,34)35/h1-7,16-17,34-35H,8-9H2,(H,27,28)(H,29,33)(H,30,31)/t16-,17?/m0/s1. The van der Waals surface area contributed by atoms with Crippen molar-refractivity contribution in [2.75, 3.05) is 0 Å². The van der Waals surface area contributed by atoms with Crippen molar-refractivity contribution in [3.8, 4) is 6.07 Å².